The molecule has 0 aromatic rings. The topological polar surface area (TPSA) is 76.4 Å². The Bertz CT molecular complexity index is 144. The quantitative estimate of drug-likeness (QED) is 0.120. The van der Waals surface area contributed by atoms with Crippen molar-refractivity contribution < 1.29 is 0 Å². The minimum absolute atomic E-state index is 0.247. The third-order valence-corrected chi connectivity index (χ3v) is 0.909. The average Bonchev–Trinajstić information content (AvgIpc) is 1.98. The average molecular weight is 140 g/mol. The number of rotatable bonds is 3. The summed E-state index contributed by atoms with van der Waals surface area (Å²) in [6.07, 6.45) is 6.58. The molecule has 0 fully saturated rings. The fourth-order valence-corrected chi connectivity index (χ4v) is 0.426. The van der Waals surface area contributed by atoms with Crippen molar-refractivity contribution in [1.29, 1.82) is 0 Å². The molecule has 0 aromatic heterocycles. The first-order valence-electron chi connectivity index (χ1n) is 3.01. The highest BCUT2D eigenvalue weighted by molar-refractivity contribution is 5.76. The molecular formula is C6H12N4. The Morgan fingerprint density at radius 3 is 2.90 bits per heavy atom. The summed E-state index contributed by atoms with van der Waals surface area (Å²) in [5, 5.41) is 0. The number of aliphatic imine (C=N–C) groups is 1. The number of hydrogen-bond donors (Lipinski definition) is 3. The molecule has 0 aliphatic rings. The van der Waals surface area contributed by atoms with Crippen LogP contribution in [0.4, 0.5) is 0 Å². The molecule has 0 bridgehead atoms. The maximum atomic E-state index is 5.22. The summed E-state index contributed by atoms with van der Waals surface area (Å²) in [5.41, 5.74) is 7.44. The number of nitrogens with one attached hydrogen (secondary N) is 1. The van der Waals surface area contributed by atoms with Crippen molar-refractivity contribution in [2.24, 2.45) is 16.6 Å². The third kappa shape index (κ3) is 4.94. The van der Waals surface area contributed by atoms with Gasteiger partial charge in [0.15, 0.2) is 0 Å². The lowest BCUT2D eigenvalue weighted by Gasteiger charge is -1.95. The Kier molecular flexibility index (Phi) is 5.20. The predicted octanol–water partition coefficient (Wildman–Crippen LogP) is -0.822. The summed E-state index contributed by atoms with van der Waals surface area (Å²) in [5.74, 6) is 7.69. The van der Waals surface area contributed by atoms with E-state index in [2.05, 4.69) is 16.3 Å². The monoisotopic (exact) mass is 140 g/mol. The smallest absolute Gasteiger partial charge is 0.203 e. The van der Waals surface area contributed by atoms with Gasteiger partial charge in [0.2, 0.25) is 5.96 Å². The van der Waals surface area contributed by atoms with Crippen molar-refractivity contribution in [3.63, 3.8) is 0 Å². The van der Waals surface area contributed by atoms with E-state index < -0.39 is 0 Å². The van der Waals surface area contributed by atoms with Crippen molar-refractivity contribution in [2.45, 2.75) is 12.8 Å². The number of unbranched alkanes of at least 4 members (excludes halogenated alkanes) is 1. The largest absolute Gasteiger partial charge is 0.369 e. The molecule has 0 atom stereocenters. The van der Waals surface area contributed by atoms with E-state index in [1.54, 1.807) is 0 Å². The van der Waals surface area contributed by atoms with E-state index in [1.165, 1.54) is 0 Å². The van der Waals surface area contributed by atoms with Crippen LogP contribution in [0.1, 0.15) is 12.8 Å². The SMILES string of the molecule is C#CCCCN=C(N)NN. The van der Waals surface area contributed by atoms with Gasteiger partial charge in [0.25, 0.3) is 0 Å². The van der Waals surface area contributed by atoms with E-state index >= 15 is 0 Å². The second-order valence-corrected chi connectivity index (χ2v) is 1.72. The van der Waals surface area contributed by atoms with Crippen LogP contribution >= 0.6 is 0 Å². The van der Waals surface area contributed by atoms with Crippen LogP contribution in [0, 0.1) is 12.3 Å². The zero-order valence-electron chi connectivity index (χ0n) is 5.80. The Morgan fingerprint density at radius 1 is 1.70 bits per heavy atom. The lowest BCUT2D eigenvalue weighted by atomic mass is 10.3. The van der Waals surface area contributed by atoms with E-state index in [-0.39, 0.29) is 5.96 Å². The molecule has 0 saturated carbocycles. The number of nitrogens with two attached hydrogens (primary N) is 2. The minimum Gasteiger partial charge on any atom is -0.369 e. The number of hydrazine groups is 1. The number of hydrogen-bond acceptors (Lipinski definition) is 2. The van der Waals surface area contributed by atoms with Gasteiger partial charge in [0.05, 0.1) is 0 Å². The summed E-state index contributed by atoms with van der Waals surface area (Å²) < 4.78 is 0. The van der Waals surface area contributed by atoms with Crippen molar-refractivity contribution in [1.82, 2.24) is 5.43 Å². The highest BCUT2D eigenvalue weighted by Gasteiger charge is 1.83. The molecule has 0 saturated heterocycles. The van der Waals surface area contributed by atoms with Gasteiger partial charge in [0, 0.05) is 13.0 Å². The van der Waals surface area contributed by atoms with Crippen LogP contribution in [-0.2, 0) is 0 Å². The lowest BCUT2D eigenvalue weighted by Crippen LogP contribution is -2.37. The van der Waals surface area contributed by atoms with Crippen LogP contribution in [0.3, 0.4) is 0 Å². The molecule has 0 unspecified atom stereocenters. The first-order valence-corrected chi connectivity index (χ1v) is 3.01. The van der Waals surface area contributed by atoms with Crippen LogP contribution < -0.4 is 17.0 Å². The van der Waals surface area contributed by atoms with Gasteiger partial charge in [-0.25, -0.2) is 5.84 Å². The van der Waals surface area contributed by atoms with Crippen molar-refractivity contribution in [3.8, 4) is 12.3 Å². The first-order chi connectivity index (χ1) is 4.81. The van der Waals surface area contributed by atoms with Gasteiger partial charge in [-0.15, -0.1) is 12.3 Å². The van der Waals surface area contributed by atoms with Crippen LogP contribution in [-0.4, -0.2) is 12.5 Å². The summed E-state index contributed by atoms with van der Waals surface area (Å²) in [6, 6.07) is 0. The molecule has 0 aromatic carbocycles. The highest BCUT2D eigenvalue weighted by atomic mass is 15.3. The fourth-order valence-electron chi connectivity index (χ4n) is 0.426. The standard InChI is InChI=1S/C6H12N4/c1-2-3-4-5-9-6(7)10-8/h1H,3-5,8H2,(H3,7,9,10). The molecule has 10 heavy (non-hydrogen) atoms. The summed E-state index contributed by atoms with van der Waals surface area (Å²) in [7, 11) is 0. The molecular weight excluding hydrogens is 128 g/mol. The van der Waals surface area contributed by atoms with Gasteiger partial charge in [0.1, 0.15) is 0 Å². The summed E-state index contributed by atoms with van der Waals surface area (Å²) >= 11 is 0. The van der Waals surface area contributed by atoms with Crippen molar-refractivity contribution in [3.05, 3.63) is 0 Å². The zero-order valence-corrected chi connectivity index (χ0v) is 5.80. The first kappa shape index (κ1) is 8.79. The van der Waals surface area contributed by atoms with Gasteiger partial charge in [-0.2, -0.15) is 0 Å². The van der Waals surface area contributed by atoms with Gasteiger partial charge < -0.3 is 5.73 Å². The van der Waals surface area contributed by atoms with Gasteiger partial charge in [-0.05, 0) is 6.42 Å². The maximum absolute atomic E-state index is 5.22. The molecule has 0 aliphatic carbocycles. The van der Waals surface area contributed by atoms with Crippen molar-refractivity contribution in [2.75, 3.05) is 6.54 Å². The van der Waals surface area contributed by atoms with Crippen LogP contribution in [0.5, 0.6) is 0 Å². The normalized spacial score (nSPS) is 10.6. The number of guanidine groups is 1. The molecule has 0 radical (unpaired) electrons. The molecule has 4 nitrogen and oxygen atoms in total. The van der Waals surface area contributed by atoms with Crippen LogP contribution in [0.25, 0.3) is 0 Å². The molecule has 0 aliphatic heterocycles. The maximum Gasteiger partial charge on any atom is 0.203 e. The Morgan fingerprint density at radius 2 is 2.40 bits per heavy atom. The Hall–Kier alpha value is -1.21. The van der Waals surface area contributed by atoms with Gasteiger partial charge in [-0.3, -0.25) is 10.4 Å². The van der Waals surface area contributed by atoms with Crippen LogP contribution in [0.15, 0.2) is 4.99 Å². The summed E-state index contributed by atoms with van der Waals surface area (Å²) in [6.45, 7) is 0.625. The second-order valence-electron chi connectivity index (χ2n) is 1.72. The van der Waals surface area contributed by atoms with E-state index in [0.29, 0.717) is 6.54 Å². The van der Waals surface area contributed by atoms with Gasteiger partial charge in [-0.1, -0.05) is 0 Å². The molecule has 0 heterocycles. The number of terminal acetylenes is 1. The van der Waals surface area contributed by atoms with E-state index in [1.807, 2.05) is 0 Å². The van der Waals surface area contributed by atoms with E-state index in [0.717, 1.165) is 12.8 Å². The molecule has 4 heteroatoms. The molecule has 0 amide bonds. The molecule has 5 N–H and O–H groups in total. The fraction of sp³-hybridized carbons (Fsp3) is 0.500. The second kappa shape index (κ2) is 5.92. The Balaban J connectivity index is 3.27. The number of nitrogens with zero attached hydrogens (tertiary/aromatic N) is 1. The van der Waals surface area contributed by atoms with Crippen LogP contribution in [0.2, 0.25) is 0 Å². The third-order valence-electron chi connectivity index (χ3n) is 0.909. The van der Waals surface area contributed by atoms with Gasteiger partial charge >= 0.3 is 0 Å². The van der Waals surface area contributed by atoms with E-state index in [9.17, 15) is 0 Å². The highest BCUT2D eigenvalue weighted by Crippen LogP contribution is 1.85. The Labute approximate surface area is 60.7 Å². The predicted molar refractivity (Wildman–Crippen MR) is 41.9 cm³/mol. The van der Waals surface area contributed by atoms with E-state index in [4.69, 9.17) is 18.0 Å². The lowest BCUT2D eigenvalue weighted by molar-refractivity contribution is 0.854. The van der Waals surface area contributed by atoms with Crippen molar-refractivity contribution >= 4 is 5.96 Å². The summed E-state index contributed by atoms with van der Waals surface area (Å²) in [4.78, 5) is 3.84. The molecule has 0 rings (SSSR count). The molecule has 56 valence electrons. The minimum atomic E-state index is 0.247. The molecule has 0 spiro atoms. The zero-order chi connectivity index (χ0) is 7.82.